The Labute approximate surface area is 91.6 Å². The van der Waals surface area contributed by atoms with Gasteiger partial charge >= 0.3 is 0 Å². The Morgan fingerprint density at radius 1 is 1.64 bits per heavy atom. The van der Waals surface area contributed by atoms with E-state index in [1.807, 2.05) is 6.92 Å². The van der Waals surface area contributed by atoms with E-state index in [1.165, 1.54) is 5.69 Å². The highest BCUT2D eigenvalue weighted by Crippen LogP contribution is 2.27. The first kappa shape index (κ1) is 9.90. The average molecular weight is 257 g/mol. The Kier molecular flexibility index (Phi) is 2.47. The number of ketones is 1. The number of aromatic nitrogens is 2. The van der Waals surface area contributed by atoms with Crippen molar-refractivity contribution >= 4 is 21.7 Å². The summed E-state index contributed by atoms with van der Waals surface area (Å²) in [4.78, 5) is 15.6. The van der Waals surface area contributed by atoms with E-state index in [2.05, 4.69) is 25.5 Å². The maximum atomic E-state index is 11.3. The van der Waals surface area contributed by atoms with Gasteiger partial charge in [0.1, 0.15) is 16.2 Å². The highest BCUT2D eigenvalue weighted by Gasteiger charge is 2.25. The van der Waals surface area contributed by atoms with E-state index >= 15 is 0 Å². The summed E-state index contributed by atoms with van der Waals surface area (Å²) in [5.74, 6) is 1.52. The molecule has 0 radical (unpaired) electrons. The molecule has 0 N–H and O–H groups in total. The fourth-order valence-electron chi connectivity index (χ4n) is 2.03. The van der Waals surface area contributed by atoms with E-state index in [4.69, 9.17) is 0 Å². The van der Waals surface area contributed by atoms with Crippen LogP contribution in [0.1, 0.15) is 24.9 Å². The number of carbonyl (C=O) groups excluding carboxylic acids is 1. The first-order valence-corrected chi connectivity index (χ1v) is 5.61. The SMILES string of the molecule is CC(=O)C1CCn2c(C)nc(Br)c2C1. The van der Waals surface area contributed by atoms with Crippen LogP contribution >= 0.6 is 15.9 Å². The molecule has 1 aromatic rings. The molecule has 1 unspecified atom stereocenters. The lowest BCUT2D eigenvalue weighted by molar-refractivity contribution is -0.121. The second-order valence-electron chi connectivity index (χ2n) is 3.85. The number of carbonyl (C=O) groups is 1. The molecule has 76 valence electrons. The van der Waals surface area contributed by atoms with Crippen LogP contribution in [0.5, 0.6) is 0 Å². The monoisotopic (exact) mass is 256 g/mol. The van der Waals surface area contributed by atoms with Gasteiger partial charge in [-0.15, -0.1) is 0 Å². The van der Waals surface area contributed by atoms with Gasteiger partial charge in [-0.25, -0.2) is 4.98 Å². The molecular formula is C10H13BrN2O. The fourth-order valence-corrected chi connectivity index (χ4v) is 2.66. The Balaban J connectivity index is 2.34. The van der Waals surface area contributed by atoms with Crippen molar-refractivity contribution < 1.29 is 4.79 Å². The molecule has 1 atom stereocenters. The number of aryl methyl sites for hydroxylation is 1. The maximum Gasteiger partial charge on any atom is 0.133 e. The quantitative estimate of drug-likeness (QED) is 0.772. The van der Waals surface area contributed by atoms with Gasteiger partial charge in [0, 0.05) is 18.9 Å². The maximum absolute atomic E-state index is 11.3. The Morgan fingerprint density at radius 2 is 2.36 bits per heavy atom. The zero-order valence-electron chi connectivity index (χ0n) is 8.38. The minimum absolute atomic E-state index is 0.190. The Hall–Kier alpha value is -0.640. The van der Waals surface area contributed by atoms with Crippen molar-refractivity contribution in [2.45, 2.75) is 33.2 Å². The van der Waals surface area contributed by atoms with Crippen molar-refractivity contribution in [3.8, 4) is 0 Å². The molecule has 0 spiro atoms. The second-order valence-corrected chi connectivity index (χ2v) is 4.60. The summed E-state index contributed by atoms with van der Waals surface area (Å²) >= 11 is 3.44. The summed E-state index contributed by atoms with van der Waals surface area (Å²) < 4.78 is 3.10. The van der Waals surface area contributed by atoms with Crippen molar-refractivity contribution in [1.82, 2.24) is 9.55 Å². The van der Waals surface area contributed by atoms with Gasteiger partial charge < -0.3 is 4.57 Å². The topological polar surface area (TPSA) is 34.9 Å². The van der Waals surface area contributed by atoms with Gasteiger partial charge in [-0.2, -0.15) is 0 Å². The van der Waals surface area contributed by atoms with Gasteiger partial charge in [-0.3, -0.25) is 4.79 Å². The normalized spacial score (nSPS) is 20.6. The van der Waals surface area contributed by atoms with Crippen molar-refractivity contribution in [2.24, 2.45) is 5.92 Å². The van der Waals surface area contributed by atoms with Crippen LogP contribution in [-0.2, 0) is 17.8 Å². The van der Waals surface area contributed by atoms with Crippen LogP contribution in [0.25, 0.3) is 0 Å². The van der Waals surface area contributed by atoms with Gasteiger partial charge in [0.2, 0.25) is 0 Å². The molecule has 0 aliphatic carbocycles. The average Bonchev–Trinajstić information content (AvgIpc) is 2.42. The zero-order chi connectivity index (χ0) is 10.3. The lowest BCUT2D eigenvalue weighted by Gasteiger charge is -2.22. The van der Waals surface area contributed by atoms with E-state index in [1.54, 1.807) is 6.92 Å². The van der Waals surface area contributed by atoms with Gasteiger partial charge in [-0.05, 0) is 36.2 Å². The van der Waals surface area contributed by atoms with Crippen molar-refractivity contribution in [1.29, 1.82) is 0 Å². The second kappa shape index (κ2) is 3.50. The first-order chi connectivity index (χ1) is 6.59. The summed E-state index contributed by atoms with van der Waals surface area (Å²) in [6.07, 6.45) is 1.78. The third kappa shape index (κ3) is 1.52. The highest BCUT2D eigenvalue weighted by atomic mass is 79.9. The smallest absolute Gasteiger partial charge is 0.133 e. The van der Waals surface area contributed by atoms with Crippen LogP contribution in [0, 0.1) is 12.8 Å². The molecular weight excluding hydrogens is 244 g/mol. The van der Waals surface area contributed by atoms with Crippen molar-refractivity contribution in [3.05, 3.63) is 16.1 Å². The molecule has 0 fully saturated rings. The predicted octanol–water partition coefficient (Wildman–Crippen LogP) is 2.11. The summed E-state index contributed by atoms with van der Waals surface area (Å²) in [6, 6.07) is 0. The lowest BCUT2D eigenvalue weighted by Crippen LogP contribution is -2.24. The summed E-state index contributed by atoms with van der Waals surface area (Å²) in [5.41, 5.74) is 1.17. The molecule has 0 saturated carbocycles. The van der Waals surface area contributed by atoms with E-state index in [0.717, 1.165) is 29.8 Å². The molecule has 14 heavy (non-hydrogen) atoms. The van der Waals surface area contributed by atoms with E-state index in [-0.39, 0.29) is 5.92 Å². The first-order valence-electron chi connectivity index (χ1n) is 4.81. The van der Waals surface area contributed by atoms with E-state index < -0.39 is 0 Å². The molecule has 2 rings (SSSR count). The van der Waals surface area contributed by atoms with Crippen molar-refractivity contribution in [3.63, 3.8) is 0 Å². The molecule has 0 bridgehead atoms. The lowest BCUT2D eigenvalue weighted by atomic mass is 9.93. The molecule has 1 aliphatic rings. The van der Waals surface area contributed by atoms with Gasteiger partial charge in [0.15, 0.2) is 0 Å². The Morgan fingerprint density at radius 3 is 3.00 bits per heavy atom. The van der Waals surface area contributed by atoms with Crippen molar-refractivity contribution in [2.75, 3.05) is 0 Å². The number of Topliss-reactive ketones (excluding diaryl/α,β-unsaturated/α-hetero) is 1. The standard InChI is InChI=1S/C10H13BrN2O/c1-6(14)8-3-4-13-7(2)12-10(11)9(13)5-8/h8H,3-5H2,1-2H3. The van der Waals surface area contributed by atoms with Gasteiger partial charge in [-0.1, -0.05) is 0 Å². The minimum Gasteiger partial charge on any atom is -0.331 e. The van der Waals surface area contributed by atoms with E-state index in [0.29, 0.717) is 5.78 Å². The molecule has 2 heterocycles. The van der Waals surface area contributed by atoms with Crippen LogP contribution in [0.3, 0.4) is 0 Å². The molecule has 0 amide bonds. The number of hydrogen-bond acceptors (Lipinski definition) is 2. The Bertz CT molecular complexity index is 384. The number of nitrogens with zero attached hydrogens (tertiary/aromatic N) is 2. The number of hydrogen-bond donors (Lipinski definition) is 0. The molecule has 4 heteroatoms. The molecule has 1 aromatic heterocycles. The summed E-state index contributed by atoms with van der Waals surface area (Å²) in [7, 11) is 0. The number of fused-ring (bicyclic) bond motifs is 1. The minimum atomic E-state index is 0.190. The molecule has 3 nitrogen and oxygen atoms in total. The van der Waals surface area contributed by atoms with Crippen LogP contribution in [-0.4, -0.2) is 15.3 Å². The number of imidazole rings is 1. The van der Waals surface area contributed by atoms with Crippen LogP contribution < -0.4 is 0 Å². The molecule has 0 aromatic carbocycles. The largest absolute Gasteiger partial charge is 0.331 e. The van der Waals surface area contributed by atoms with Crippen LogP contribution in [0.15, 0.2) is 4.60 Å². The number of halogens is 1. The summed E-state index contributed by atoms with van der Waals surface area (Å²) in [6.45, 7) is 4.60. The fraction of sp³-hybridized carbons (Fsp3) is 0.600. The molecule has 0 saturated heterocycles. The molecule has 1 aliphatic heterocycles. The predicted molar refractivity (Wildman–Crippen MR) is 57.2 cm³/mol. The third-order valence-electron chi connectivity index (χ3n) is 2.93. The van der Waals surface area contributed by atoms with E-state index in [9.17, 15) is 4.79 Å². The van der Waals surface area contributed by atoms with Crippen LogP contribution in [0.4, 0.5) is 0 Å². The highest BCUT2D eigenvalue weighted by molar-refractivity contribution is 9.10. The summed E-state index contributed by atoms with van der Waals surface area (Å²) in [5, 5.41) is 0. The third-order valence-corrected chi connectivity index (χ3v) is 3.57. The van der Waals surface area contributed by atoms with Gasteiger partial charge in [0.05, 0.1) is 5.69 Å². The van der Waals surface area contributed by atoms with Crippen LogP contribution in [0.2, 0.25) is 0 Å². The zero-order valence-corrected chi connectivity index (χ0v) is 9.97. The van der Waals surface area contributed by atoms with Gasteiger partial charge in [0.25, 0.3) is 0 Å². The number of rotatable bonds is 1.